The molecular weight excluding hydrogens is 314 g/mol. The van der Waals surface area contributed by atoms with Gasteiger partial charge in [-0.05, 0) is 50.3 Å². The summed E-state index contributed by atoms with van der Waals surface area (Å²) in [7, 11) is 2.01. The molecule has 1 saturated heterocycles. The highest BCUT2D eigenvalue weighted by Gasteiger charge is 2.27. The molecule has 20 heavy (non-hydrogen) atoms. The van der Waals surface area contributed by atoms with Crippen LogP contribution in [0.25, 0.3) is 0 Å². The number of anilines is 1. The van der Waals surface area contributed by atoms with Crippen LogP contribution in [-0.2, 0) is 6.54 Å². The Morgan fingerprint density at radius 3 is 2.75 bits per heavy atom. The number of likely N-dealkylation sites (N-methyl/N-ethyl adjacent to an activating group) is 1. The molecule has 1 aliphatic rings. The summed E-state index contributed by atoms with van der Waals surface area (Å²) in [5, 5.41) is 3.27. The zero-order valence-corrected chi connectivity index (χ0v) is 14.4. The lowest BCUT2D eigenvalue weighted by molar-refractivity contribution is 0.232. The number of hydrogen-bond donors (Lipinski definition) is 1. The van der Waals surface area contributed by atoms with Crippen LogP contribution >= 0.6 is 15.9 Å². The van der Waals surface area contributed by atoms with Crippen LogP contribution in [0.5, 0.6) is 0 Å². The average molecular weight is 340 g/mol. The van der Waals surface area contributed by atoms with Gasteiger partial charge in [0.05, 0.1) is 0 Å². The molecule has 0 radical (unpaired) electrons. The number of nitrogens with one attached hydrogen (secondary N) is 1. The molecule has 0 bridgehead atoms. The molecule has 1 fully saturated rings. The molecule has 0 aromatic heterocycles. The third-order valence-electron chi connectivity index (χ3n) is 4.24. The normalized spacial score (nSPS) is 19.1. The number of hydrogen-bond acceptors (Lipinski definition) is 3. The van der Waals surface area contributed by atoms with Gasteiger partial charge in [-0.2, -0.15) is 0 Å². The topological polar surface area (TPSA) is 18.5 Å². The van der Waals surface area contributed by atoms with Crippen molar-refractivity contribution >= 4 is 21.6 Å². The number of nitrogens with zero attached hydrogens (tertiary/aromatic N) is 2. The van der Waals surface area contributed by atoms with Gasteiger partial charge in [0.1, 0.15) is 0 Å². The Morgan fingerprint density at radius 2 is 2.10 bits per heavy atom. The second-order valence-electron chi connectivity index (χ2n) is 5.41. The molecule has 2 rings (SSSR count). The van der Waals surface area contributed by atoms with Crippen molar-refractivity contribution in [3.05, 3.63) is 28.2 Å². The summed E-state index contributed by atoms with van der Waals surface area (Å²) >= 11 is 3.58. The number of halogens is 1. The van der Waals surface area contributed by atoms with Crippen molar-refractivity contribution in [2.45, 2.75) is 32.9 Å². The third kappa shape index (κ3) is 3.54. The number of rotatable bonds is 6. The van der Waals surface area contributed by atoms with E-state index in [1.165, 1.54) is 24.2 Å². The Hall–Kier alpha value is -0.580. The van der Waals surface area contributed by atoms with Crippen molar-refractivity contribution in [1.82, 2.24) is 10.2 Å². The SMILES string of the molecule is CCN(CC)C1CCN(c2ccc(Br)cc2CNC)C1. The van der Waals surface area contributed by atoms with Gasteiger partial charge in [-0.15, -0.1) is 0 Å². The first-order chi connectivity index (χ1) is 9.69. The van der Waals surface area contributed by atoms with Crippen LogP contribution in [0.2, 0.25) is 0 Å². The van der Waals surface area contributed by atoms with Gasteiger partial charge in [0.25, 0.3) is 0 Å². The summed E-state index contributed by atoms with van der Waals surface area (Å²) in [6.07, 6.45) is 1.27. The van der Waals surface area contributed by atoms with E-state index in [1.54, 1.807) is 0 Å². The van der Waals surface area contributed by atoms with Crippen molar-refractivity contribution in [2.75, 3.05) is 38.1 Å². The zero-order chi connectivity index (χ0) is 14.5. The fourth-order valence-electron chi connectivity index (χ4n) is 3.19. The van der Waals surface area contributed by atoms with E-state index in [9.17, 15) is 0 Å². The molecule has 1 aromatic rings. The largest absolute Gasteiger partial charge is 0.370 e. The minimum Gasteiger partial charge on any atom is -0.370 e. The molecule has 1 aromatic carbocycles. The van der Waals surface area contributed by atoms with E-state index in [1.807, 2.05) is 7.05 Å². The zero-order valence-electron chi connectivity index (χ0n) is 12.8. The summed E-state index contributed by atoms with van der Waals surface area (Å²) in [6, 6.07) is 7.34. The standard InChI is InChI=1S/C16H26BrN3/c1-4-19(5-2)15-8-9-20(12-15)16-7-6-14(17)10-13(16)11-18-3/h6-7,10,15,18H,4-5,8-9,11-12H2,1-3H3. The molecule has 1 N–H and O–H groups in total. The lowest BCUT2D eigenvalue weighted by Crippen LogP contribution is -2.37. The molecule has 1 heterocycles. The van der Waals surface area contributed by atoms with Gasteiger partial charge in [0, 0.05) is 35.8 Å². The second-order valence-corrected chi connectivity index (χ2v) is 6.33. The van der Waals surface area contributed by atoms with Crippen molar-refractivity contribution in [1.29, 1.82) is 0 Å². The molecule has 0 spiro atoms. The lowest BCUT2D eigenvalue weighted by Gasteiger charge is -2.27. The monoisotopic (exact) mass is 339 g/mol. The molecule has 0 amide bonds. The summed E-state index contributed by atoms with van der Waals surface area (Å²) < 4.78 is 1.16. The Bertz CT molecular complexity index is 432. The summed E-state index contributed by atoms with van der Waals surface area (Å²) in [4.78, 5) is 5.12. The molecule has 4 heteroatoms. The van der Waals surface area contributed by atoms with Crippen molar-refractivity contribution in [2.24, 2.45) is 0 Å². The molecule has 112 valence electrons. The van der Waals surface area contributed by atoms with Crippen molar-refractivity contribution in [3.63, 3.8) is 0 Å². The highest BCUT2D eigenvalue weighted by atomic mass is 79.9. The van der Waals surface area contributed by atoms with Crippen LogP contribution in [-0.4, -0.2) is 44.2 Å². The van der Waals surface area contributed by atoms with E-state index >= 15 is 0 Å². The van der Waals surface area contributed by atoms with Gasteiger partial charge >= 0.3 is 0 Å². The van der Waals surface area contributed by atoms with Gasteiger partial charge in [-0.3, -0.25) is 4.90 Å². The van der Waals surface area contributed by atoms with Crippen LogP contribution in [0.3, 0.4) is 0 Å². The Kier molecular flexibility index (Phi) is 5.87. The maximum absolute atomic E-state index is 3.58. The Balaban J connectivity index is 2.13. The minimum absolute atomic E-state index is 0.705. The van der Waals surface area contributed by atoms with Crippen LogP contribution in [0.15, 0.2) is 22.7 Å². The van der Waals surface area contributed by atoms with E-state index < -0.39 is 0 Å². The van der Waals surface area contributed by atoms with E-state index in [-0.39, 0.29) is 0 Å². The van der Waals surface area contributed by atoms with E-state index in [2.05, 4.69) is 63.1 Å². The van der Waals surface area contributed by atoms with Crippen molar-refractivity contribution < 1.29 is 0 Å². The van der Waals surface area contributed by atoms with Gasteiger partial charge in [0.2, 0.25) is 0 Å². The van der Waals surface area contributed by atoms with Gasteiger partial charge in [-0.1, -0.05) is 29.8 Å². The third-order valence-corrected chi connectivity index (χ3v) is 4.73. The smallest absolute Gasteiger partial charge is 0.0413 e. The number of benzene rings is 1. The lowest BCUT2D eigenvalue weighted by atomic mass is 10.1. The summed E-state index contributed by atoms with van der Waals surface area (Å²) in [5.41, 5.74) is 2.76. The fourth-order valence-corrected chi connectivity index (χ4v) is 3.60. The molecule has 0 aliphatic carbocycles. The van der Waals surface area contributed by atoms with Crippen LogP contribution in [0.1, 0.15) is 25.8 Å². The first-order valence-corrected chi connectivity index (χ1v) is 8.40. The summed E-state index contributed by atoms with van der Waals surface area (Å²) in [5.74, 6) is 0. The van der Waals surface area contributed by atoms with Gasteiger partial charge in [-0.25, -0.2) is 0 Å². The van der Waals surface area contributed by atoms with Gasteiger partial charge < -0.3 is 10.2 Å². The molecule has 1 atom stereocenters. The maximum atomic E-state index is 3.58. The van der Waals surface area contributed by atoms with E-state index in [0.717, 1.165) is 30.7 Å². The second kappa shape index (κ2) is 7.43. The first kappa shape index (κ1) is 15.8. The van der Waals surface area contributed by atoms with E-state index in [4.69, 9.17) is 0 Å². The predicted octanol–water partition coefficient (Wildman–Crippen LogP) is 3.09. The quantitative estimate of drug-likeness (QED) is 0.859. The van der Waals surface area contributed by atoms with Crippen LogP contribution in [0.4, 0.5) is 5.69 Å². The van der Waals surface area contributed by atoms with Crippen molar-refractivity contribution in [3.8, 4) is 0 Å². The Morgan fingerprint density at radius 1 is 1.35 bits per heavy atom. The molecule has 1 unspecified atom stereocenters. The highest BCUT2D eigenvalue weighted by molar-refractivity contribution is 9.10. The highest BCUT2D eigenvalue weighted by Crippen LogP contribution is 2.28. The van der Waals surface area contributed by atoms with E-state index in [0.29, 0.717) is 6.04 Å². The molecule has 1 aliphatic heterocycles. The maximum Gasteiger partial charge on any atom is 0.0413 e. The van der Waals surface area contributed by atoms with Crippen LogP contribution < -0.4 is 10.2 Å². The average Bonchev–Trinajstić information content (AvgIpc) is 2.90. The fraction of sp³-hybridized carbons (Fsp3) is 0.625. The first-order valence-electron chi connectivity index (χ1n) is 7.61. The Labute approximate surface area is 131 Å². The summed E-state index contributed by atoms with van der Waals surface area (Å²) in [6.45, 7) is 10.1. The molecular formula is C16H26BrN3. The van der Waals surface area contributed by atoms with Gasteiger partial charge in [0.15, 0.2) is 0 Å². The predicted molar refractivity (Wildman–Crippen MR) is 90.4 cm³/mol. The van der Waals surface area contributed by atoms with Crippen LogP contribution in [0, 0.1) is 0 Å². The molecule has 0 saturated carbocycles. The minimum atomic E-state index is 0.705. The molecule has 3 nitrogen and oxygen atoms in total.